The molecule has 4 nitrogen and oxygen atoms in total. The Morgan fingerprint density at radius 3 is 2.38 bits per heavy atom. The summed E-state index contributed by atoms with van der Waals surface area (Å²) in [7, 11) is 0. The van der Waals surface area contributed by atoms with Gasteiger partial charge in [-0.15, -0.1) is 11.3 Å². The van der Waals surface area contributed by atoms with E-state index < -0.39 is 5.97 Å². The van der Waals surface area contributed by atoms with Gasteiger partial charge in [-0.05, 0) is 48.1 Å². The molecular formula is C21H27NO3S. The maximum atomic E-state index is 12.1. The Balaban J connectivity index is 1.88. The number of hydrogen-bond acceptors (Lipinski definition) is 4. The monoisotopic (exact) mass is 373 g/mol. The molecule has 0 aliphatic rings. The van der Waals surface area contributed by atoms with Crippen LogP contribution in [0.25, 0.3) is 0 Å². The zero-order valence-corrected chi connectivity index (χ0v) is 17.0. The van der Waals surface area contributed by atoms with Crippen LogP contribution >= 0.6 is 11.3 Å². The number of amides is 1. The summed E-state index contributed by atoms with van der Waals surface area (Å²) in [5, 5.41) is 2.75. The van der Waals surface area contributed by atoms with Gasteiger partial charge in [0.15, 0.2) is 6.61 Å². The van der Waals surface area contributed by atoms with E-state index in [4.69, 9.17) is 4.74 Å². The van der Waals surface area contributed by atoms with Crippen LogP contribution in [0.5, 0.6) is 0 Å². The summed E-state index contributed by atoms with van der Waals surface area (Å²) >= 11 is 1.42. The molecule has 2 aromatic rings. The van der Waals surface area contributed by atoms with Crippen molar-refractivity contribution in [2.75, 3.05) is 11.9 Å². The largest absolute Gasteiger partial charge is 0.451 e. The lowest BCUT2D eigenvalue weighted by Gasteiger charge is -2.19. The van der Waals surface area contributed by atoms with E-state index >= 15 is 0 Å². The second-order valence-corrected chi connectivity index (χ2v) is 8.65. The molecular weight excluding hydrogens is 346 g/mol. The highest BCUT2D eigenvalue weighted by Gasteiger charge is 2.16. The van der Waals surface area contributed by atoms with Crippen LogP contribution in [-0.4, -0.2) is 18.5 Å². The topological polar surface area (TPSA) is 55.4 Å². The molecule has 1 heterocycles. The summed E-state index contributed by atoms with van der Waals surface area (Å²) in [6.45, 7) is 10.2. The average Bonchev–Trinajstić information content (AvgIpc) is 2.94. The highest BCUT2D eigenvalue weighted by Crippen LogP contribution is 2.24. The van der Waals surface area contributed by atoms with Crippen LogP contribution in [0, 0.1) is 6.92 Å². The lowest BCUT2D eigenvalue weighted by atomic mass is 9.87. The van der Waals surface area contributed by atoms with E-state index in [1.165, 1.54) is 22.5 Å². The molecule has 1 aromatic carbocycles. The number of rotatable bonds is 6. The summed E-state index contributed by atoms with van der Waals surface area (Å²) in [5.41, 5.74) is 3.12. The highest BCUT2D eigenvalue weighted by atomic mass is 32.1. The molecule has 1 amide bonds. The summed E-state index contributed by atoms with van der Waals surface area (Å²) in [5.74, 6) is -0.789. The molecule has 140 valence electrons. The minimum atomic E-state index is -0.446. The van der Waals surface area contributed by atoms with Gasteiger partial charge in [0.1, 0.15) is 4.88 Å². The van der Waals surface area contributed by atoms with Crippen molar-refractivity contribution in [1.82, 2.24) is 0 Å². The standard InChI is InChI=1S/C21H27NO3S/c1-6-7-15-12-18(26-14(15)2)20(24)25-13-19(23)22-17-10-8-16(9-11-17)21(3,4)5/h8-12H,6-7,13H2,1-5H3,(H,22,23). The minimum absolute atomic E-state index is 0.0630. The number of ether oxygens (including phenoxy) is 1. The molecule has 1 N–H and O–H groups in total. The van der Waals surface area contributed by atoms with Crippen LogP contribution in [0.2, 0.25) is 0 Å². The van der Waals surface area contributed by atoms with Gasteiger partial charge in [-0.25, -0.2) is 4.79 Å². The first-order chi connectivity index (χ1) is 12.2. The third-order valence-corrected chi connectivity index (χ3v) is 5.18. The van der Waals surface area contributed by atoms with Crippen molar-refractivity contribution in [3.63, 3.8) is 0 Å². The van der Waals surface area contributed by atoms with Gasteiger partial charge in [-0.2, -0.15) is 0 Å². The number of thiophene rings is 1. The Hall–Kier alpha value is -2.14. The highest BCUT2D eigenvalue weighted by molar-refractivity contribution is 7.14. The first-order valence-corrected chi connectivity index (χ1v) is 9.69. The second kappa shape index (κ2) is 8.49. The molecule has 0 bridgehead atoms. The van der Waals surface area contributed by atoms with Gasteiger partial charge < -0.3 is 10.1 Å². The van der Waals surface area contributed by atoms with E-state index in [2.05, 4.69) is 33.0 Å². The van der Waals surface area contributed by atoms with Gasteiger partial charge in [0.25, 0.3) is 5.91 Å². The Morgan fingerprint density at radius 2 is 1.81 bits per heavy atom. The van der Waals surface area contributed by atoms with Crippen molar-refractivity contribution < 1.29 is 14.3 Å². The Kier molecular flexibility index (Phi) is 6.59. The van der Waals surface area contributed by atoms with Crippen LogP contribution in [-0.2, 0) is 21.4 Å². The lowest BCUT2D eigenvalue weighted by Crippen LogP contribution is -2.20. The fourth-order valence-electron chi connectivity index (χ4n) is 2.59. The maximum absolute atomic E-state index is 12.1. The molecule has 0 radical (unpaired) electrons. The second-order valence-electron chi connectivity index (χ2n) is 7.39. The fraction of sp³-hybridized carbons (Fsp3) is 0.429. The molecule has 1 aromatic heterocycles. The molecule has 0 saturated heterocycles. The molecule has 0 spiro atoms. The normalized spacial score (nSPS) is 11.3. The van der Waals surface area contributed by atoms with Crippen molar-refractivity contribution in [3.05, 3.63) is 51.2 Å². The molecule has 2 rings (SSSR count). The van der Waals surface area contributed by atoms with E-state index in [1.807, 2.05) is 37.3 Å². The van der Waals surface area contributed by atoms with Crippen LogP contribution < -0.4 is 5.32 Å². The zero-order valence-electron chi connectivity index (χ0n) is 16.1. The Bertz CT molecular complexity index is 770. The number of benzene rings is 1. The molecule has 0 unspecified atom stereocenters. The number of carbonyl (C=O) groups is 2. The summed E-state index contributed by atoms with van der Waals surface area (Å²) in [6.07, 6.45) is 1.98. The van der Waals surface area contributed by atoms with E-state index in [0.717, 1.165) is 17.7 Å². The number of esters is 1. The van der Waals surface area contributed by atoms with Crippen LogP contribution in [0.15, 0.2) is 30.3 Å². The van der Waals surface area contributed by atoms with E-state index in [9.17, 15) is 9.59 Å². The predicted molar refractivity (Wildman–Crippen MR) is 107 cm³/mol. The first-order valence-electron chi connectivity index (χ1n) is 8.87. The smallest absolute Gasteiger partial charge is 0.348 e. The van der Waals surface area contributed by atoms with Crippen molar-refractivity contribution in [1.29, 1.82) is 0 Å². The van der Waals surface area contributed by atoms with Gasteiger partial charge in [0.05, 0.1) is 0 Å². The quantitative estimate of drug-likeness (QED) is 0.717. The van der Waals surface area contributed by atoms with Crippen molar-refractivity contribution in [2.24, 2.45) is 0 Å². The van der Waals surface area contributed by atoms with E-state index in [1.54, 1.807) is 0 Å². The van der Waals surface area contributed by atoms with Gasteiger partial charge in [-0.1, -0.05) is 46.2 Å². The average molecular weight is 374 g/mol. The third-order valence-electron chi connectivity index (χ3n) is 4.11. The van der Waals surface area contributed by atoms with Gasteiger partial charge in [0.2, 0.25) is 0 Å². The molecule has 0 saturated carbocycles. The first kappa shape index (κ1) is 20.2. The predicted octanol–water partition coefficient (Wildman–Crippen LogP) is 5.10. The van der Waals surface area contributed by atoms with Crippen LogP contribution in [0.3, 0.4) is 0 Å². The van der Waals surface area contributed by atoms with E-state index in [0.29, 0.717) is 10.6 Å². The number of hydrogen-bond donors (Lipinski definition) is 1. The number of aryl methyl sites for hydroxylation is 2. The summed E-state index contributed by atoms with van der Waals surface area (Å²) in [6, 6.07) is 9.57. The van der Waals surface area contributed by atoms with Gasteiger partial charge in [0, 0.05) is 10.6 Å². The minimum Gasteiger partial charge on any atom is -0.451 e. The molecule has 26 heavy (non-hydrogen) atoms. The van der Waals surface area contributed by atoms with Crippen molar-refractivity contribution in [3.8, 4) is 0 Å². The van der Waals surface area contributed by atoms with Crippen LogP contribution in [0.4, 0.5) is 5.69 Å². The molecule has 0 fully saturated rings. The van der Waals surface area contributed by atoms with Crippen molar-refractivity contribution in [2.45, 2.75) is 52.9 Å². The maximum Gasteiger partial charge on any atom is 0.348 e. The molecule has 5 heteroatoms. The summed E-state index contributed by atoms with van der Waals surface area (Å²) in [4.78, 5) is 25.8. The number of nitrogens with one attached hydrogen (secondary N) is 1. The summed E-state index contributed by atoms with van der Waals surface area (Å²) < 4.78 is 5.15. The SMILES string of the molecule is CCCc1cc(C(=O)OCC(=O)Nc2ccc(C(C)(C)C)cc2)sc1C. The lowest BCUT2D eigenvalue weighted by molar-refractivity contribution is -0.119. The van der Waals surface area contributed by atoms with Crippen molar-refractivity contribution >= 4 is 28.9 Å². The number of carbonyl (C=O) groups excluding carboxylic acids is 2. The Morgan fingerprint density at radius 1 is 1.15 bits per heavy atom. The third kappa shape index (κ3) is 5.43. The van der Waals surface area contributed by atoms with Gasteiger partial charge >= 0.3 is 5.97 Å². The Labute approximate surface area is 159 Å². The molecule has 0 aliphatic carbocycles. The van der Waals surface area contributed by atoms with Crippen LogP contribution in [0.1, 0.15) is 59.8 Å². The van der Waals surface area contributed by atoms with E-state index in [-0.39, 0.29) is 17.9 Å². The fourth-order valence-corrected chi connectivity index (χ4v) is 3.56. The number of anilines is 1. The van der Waals surface area contributed by atoms with Gasteiger partial charge in [-0.3, -0.25) is 4.79 Å². The zero-order chi connectivity index (χ0) is 19.3. The molecule has 0 aliphatic heterocycles. The molecule has 0 atom stereocenters.